The zero-order valence-corrected chi connectivity index (χ0v) is 10.9. The summed E-state index contributed by atoms with van der Waals surface area (Å²) < 4.78 is 15.6. The second kappa shape index (κ2) is 4.39. The number of benzene rings is 1. The van der Waals surface area contributed by atoms with Crippen LogP contribution in [0.1, 0.15) is 36.9 Å². The number of rotatable bonds is 3. The molecule has 2 aromatic rings. The highest BCUT2D eigenvalue weighted by atomic mass is 35.5. The van der Waals surface area contributed by atoms with Crippen LogP contribution in [0.5, 0.6) is 0 Å². The molecule has 1 heterocycles. The van der Waals surface area contributed by atoms with E-state index in [-0.39, 0.29) is 5.82 Å². The molecule has 0 spiro atoms. The summed E-state index contributed by atoms with van der Waals surface area (Å²) in [5.74, 6) is 0.280. The molecule has 2 nitrogen and oxygen atoms in total. The quantitative estimate of drug-likeness (QED) is 0.816. The minimum absolute atomic E-state index is 0.331. The first-order chi connectivity index (χ1) is 8.72. The molecule has 0 atom stereocenters. The van der Waals surface area contributed by atoms with Crippen molar-refractivity contribution in [2.24, 2.45) is 0 Å². The van der Waals surface area contributed by atoms with Crippen LogP contribution in [-0.4, -0.2) is 9.78 Å². The third-order valence-corrected chi connectivity index (χ3v) is 3.71. The van der Waals surface area contributed by atoms with Gasteiger partial charge in [0, 0.05) is 5.69 Å². The molecule has 18 heavy (non-hydrogen) atoms. The van der Waals surface area contributed by atoms with Gasteiger partial charge >= 0.3 is 0 Å². The Bertz CT molecular complexity index is 567. The summed E-state index contributed by atoms with van der Waals surface area (Å²) in [6.07, 6.45) is 5.11. The van der Waals surface area contributed by atoms with E-state index < -0.39 is 0 Å². The van der Waals surface area contributed by atoms with Gasteiger partial charge in [-0.3, -0.25) is 0 Å². The first-order valence-electron chi connectivity index (χ1n) is 6.23. The minimum atomic E-state index is -0.331. The molecule has 0 aliphatic heterocycles. The summed E-state index contributed by atoms with van der Waals surface area (Å²) in [6.45, 7) is 2.06. The molecule has 0 saturated heterocycles. The molecular weight excluding hydrogens is 251 g/mol. The second-order valence-corrected chi connectivity index (χ2v) is 5.06. The van der Waals surface area contributed by atoms with Gasteiger partial charge in [0.05, 0.1) is 11.2 Å². The topological polar surface area (TPSA) is 17.8 Å². The largest absolute Gasteiger partial charge is 0.233 e. The Labute approximate surface area is 110 Å². The average molecular weight is 265 g/mol. The van der Waals surface area contributed by atoms with Gasteiger partial charge in [-0.15, -0.1) is 0 Å². The van der Waals surface area contributed by atoms with E-state index in [4.69, 9.17) is 11.6 Å². The van der Waals surface area contributed by atoms with Gasteiger partial charge in [0.1, 0.15) is 11.5 Å². The lowest BCUT2D eigenvalue weighted by Gasteiger charge is -2.10. The first kappa shape index (κ1) is 11.7. The van der Waals surface area contributed by atoms with Crippen molar-refractivity contribution >= 4 is 11.6 Å². The normalized spacial score (nSPS) is 15.1. The molecule has 0 bridgehead atoms. The molecule has 0 amide bonds. The number of nitrogens with zero attached hydrogens (tertiary/aromatic N) is 2. The highest BCUT2D eigenvalue weighted by Crippen LogP contribution is 2.42. The molecule has 1 aromatic carbocycles. The highest BCUT2D eigenvalue weighted by Gasteiger charge is 2.29. The maximum absolute atomic E-state index is 13.9. The fourth-order valence-electron chi connectivity index (χ4n) is 2.36. The van der Waals surface area contributed by atoms with Crippen LogP contribution in [-0.2, 0) is 6.42 Å². The van der Waals surface area contributed by atoms with Gasteiger partial charge in [-0.05, 0) is 42.9 Å². The maximum Gasteiger partial charge on any atom is 0.150 e. The van der Waals surface area contributed by atoms with Crippen LogP contribution < -0.4 is 0 Å². The Morgan fingerprint density at radius 2 is 2.22 bits per heavy atom. The van der Waals surface area contributed by atoms with Gasteiger partial charge < -0.3 is 0 Å². The number of aromatic nitrogens is 2. The lowest BCUT2D eigenvalue weighted by atomic mass is 10.1. The highest BCUT2D eigenvalue weighted by molar-refractivity contribution is 6.32. The van der Waals surface area contributed by atoms with Crippen molar-refractivity contribution < 1.29 is 4.39 Å². The molecule has 0 unspecified atom stereocenters. The predicted octanol–water partition coefficient (Wildman–Crippen LogP) is 4.10. The van der Waals surface area contributed by atoms with Gasteiger partial charge in [0.2, 0.25) is 0 Å². The minimum Gasteiger partial charge on any atom is -0.233 e. The maximum atomic E-state index is 13.9. The molecule has 94 valence electrons. The standard InChI is InChI=1S/C14H14ClFN2/c1-2-13-10(9-6-7-9)8-17-18(13)14-11(15)4-3-5-12(14)16/h3-5,8-9H,2,6-7H2,1H3. The van der Waals surface area contributed by atoms with E-state index >= 15 is 0 Å². The fraction of sp³-hybridized carbons (Fsp3) is 0.357. The van der Waals surface area contributed by atoms with E-state index in [2.05, 4.69) is 12.0 Å². The van der Waals surface area contributed by atoms with Crippen LogP contribution in [0.15, 0.2) is 24.4 Å². The zero-order chi connectivity index (χ0) is 12.7. The van der Waals surface area contributed by atoms with Crippen molar-refractivity contribution in [3.8, 4) is 5.69 Å². The summed E-state index contributed by atoms with van der Waals surface area (Å²) in [4.78, 5) is 0. The van der Waals surface area contributed by atoms with E-state index in [1.165, 1.54) is 24.5 Å². The molecular formula is C14H14ClFN2. The second-order valence-electron chi connectivity index (χ2n) is 4.66. The lowest BCUT2D eigenvalue weighted by molar-refractivity contribution is 0.607. The van der Waals surface area contributed by atoms with Gasteiger partial charge in [-0.25, -0.2) is 9.07 Å². The lowest BCUT2D eigenvalue weighted by Crippen LogP contribution is -2.05. The van der Waals surface area contributed by atoms with Crippen LogP contribution >= 0.6 is 11.6 Å². The monoisotopic (exact) mass is 264 g/mol. The van der Waals surface area contributed by atoms with E-state index in [1.807, 2.05) is 6.20 Å². The van der Waals surface area contributed by atoms with Crippen molar-refractivity contribution in [3.63, 3.8) is 0 Å². The van der Waals surface area contributed by atoms with Crippen LogP contribution in [0.3, 0.4) is 0 Å². The van der Waals surface area contributed by atoms with Gasteiger partial charge in [-0.2, -0.15) is 5.10 Å². The number of hydrogen-bond donors (Lipinski definition) is 0. The Kier molecular flexibility index (Phi) is 2.86. The van der Waals surface area contributed by atoms with Crippen LogP contribution in [0, 0.1) is 5.82 Å². The van der Waals surface area contributed by atoms with Crippen LogP contribution in [0.2, 0.25) is 5.02 Å². The van der Waals surface area contributed by atoms with Gasteiger partial charge in [-0.1, -0.05) is 24.6 Å². The Morgan fingerprint density at radius 3 is 2.83 bits per heavy atom. The van der Waals surface area contributed by atoms with E-state index in [9.17, 15) is 4.39 Å². The summed E-state index contributed by atoms with van der Waals surface area (Å²) >= 11 is 6.10. The first-order valence-corrected chi connectivity index (χ1v) is 6.61. The third-order valence-electron chi connectivity index (χ3n) is 3.40. The van der Waals surface area contributed by atoms with E-state index in [0.29, 0.717) is 16.6 Å². The van der Waals surface area contributed by atoms with Crippen molar-refractivity contribution in [2.75, 3.05) is 0 Å². The van der Waals surface area contributed by atoms with Gasteiger partial charge in [0.15, 0.2) is 0 Å². The molecule has 0 N–H and O–H groups in total. The zero-order valence-electron chi connectivity index (χ0n) is 10.2. The summed E-state index contributed by atoms with van der Waals surface area (Å²) in [5.41, 5.74) is 2.68. The van der Waals surface area contributed by atoms with Crippen molar-refractivity contribution in [2.45, 2.75) is 32.1 Å². The molecule has 1 fully saturated rings. The molecule has 1 aliphatic carbocycles. The summed E-state index contributed by atoms with van der Waals surface area (Å²) in [7, 11) is 0. The van der Waals surface area contributed by atoms with Crippen LogP contribution in [0.25, 0.3) is 5.69 Å². The number of halogens is 2. The molecule has 3 rings (SSSR count). The number of hydrogen-bond acceptors (Lipinski definition) is 1. The van der Waals surface area contributed by atoms with Crippen molar-refractivity contribution in [1.29, 1.82) is 0 Å². The molecule has 1 saturated carbocycles. The molecule has 1 aliphatic rings. The predicted molar refractivity (Wildman–Crippen MR) is 69.9 cm³/mol. The van der Waals surface area contributed by atoms with Crippen molar-refractivity contribution in [1.82, 2.24) is 9.78 Å². The summed E-state index contributed by atoms with van der Waals surface area (Å²) in [5, 5.41) is 4.73. The number of para-hydroxylation sites is 1. The van der Waals surface area contributed by atoms with E-state index in [1.54, 1.807) is 16.8 Å². The Hall–Kier alpha value is -1.35. The third kappa shape index (κ3) is 1.83. The molecule has 0 radical (unpaired) electrons. The Morgan fingerprint density at radius 1 is 1.44 bits per heavy atom. The molecule has 1 aromatic heterocycles. The van der Waals surface area contributed by atoms with Crippen LogP contribution in [0.4, 0.5) is 4.39 Å². The van der Waals surface area contributed by atoms with E-state index in [0.717, 1.165) is 12.1 Å². The van der Waals surface area contributed by atoms with Gasteiger partial charge in [0.25, 0.3) is 0 Å². The Balaban J connectivity index is 2.16. The van der Waals surface area contributed by atoms with Crippen molar-refractivity contribution in [3.05, 3.63) is 46.5 Å². The average Bonchev–Trinajstić information content (AvgIpc) is 3.10. The SMILES string of the molecule is CCc1c(C2CC2)cnn1-c1c(F)cccc1Cl. The fourth-order valence-corrected chi connectivity index (χ4v) is 2.60. The summed E-state index contributed by atoms with van der Waals surface area (Å²) in [6, 6.07) is 4.72. The molecule has 4 heteroatoms. The smallest absolute Gasteiger partial charge is 0.150 e.